The molecule has 24 heavy (non-hydrogen) atoms. The number of nitrogens with one attached hydrogen (secondary N) is 1. The van der Waals surface area contributed by atoms with E-state index in [0.29, 0.717) is 0 Å². The highest BCUT2D eigenvalue weighted by Gasteiger charge is 2.17. The standard InChI is InChI=1S/C21H28N2O/c1-16-11-17(2)13-18(12-16)14-22-21-6-4-3-5-19(21)15-23-9-7-20(24)8-10-23/h3-6,11-13,20,22,24H,7-10,14-15H2,1-2H3. The number of hydrogen-bond acceptors (Lipinski definition) is 3. The molecule has 3 nitrogen and oxygen atoms in total. The van der Waals surface area contributed by atoms with Gasteiger partial charge in [-0.05, 0) is 43.9 Å². The van der Waals surface area contributed by atoms with E-state index in [1.807, 2.05) is 0 Å². The highest BCUT2D eigenvalue weighted by atomic mass is 16.3. The van der Waals surface area contributed by atoms with Crippen molar-refractivity contribution in [3.8, 4) is 0 Å². The summed E-state index contributed by atoms with van der Waals surface area (Å²) in [5.74, 6) is 0. The molecule has 0 amide bonds. The van der Waals surface area contributed by atoms with Crippen LogP contribution in [0.5, 0.6) is 0 Å². The number of rotatable bonds is 5. The van der Waals surface area contributed by atoms with Gasteiger partial charge in [-0.15, -0.1) is 0 Å². The Kier molecular flexibility index (Phi) is 5.54. The molecule has 0 radical (unpaired) electrons. The molecule has 3 heteroatoms. The number of aryl methyl sites for hydroxylation is 2. The SMILES string of the molecule is Cc1cc(C)cc(CNc2ccccc2CN2CCC(O)CC2)c1. The van der Waals surface area contributed by atoms with Crippen LogP contribution in [0.1, 0.15) is 35.1 Å². The highest BCUT2D eigenvalue weighted by molar-refractivity contribution is 5.51. The largest absolute Gasteiger partial charge is 0.393 e. The monoisotopic (exact) mass is 324 g/mol. The van der Waals surface area contributed by atoms with E-state index in [1.54, 1.807) is 0 Å². The zero-order valence-electron chi connectivity index (χ0n) is 14.8. The Morgan fingerprint density at radius 1 is 1.04 bits per heavy atom. The Morgan fingerprint density at radius 3 is 2.42 bits per heavy atom. The molecule has 1 saturated heterocycles. The molecule has 3 rings (SSSR count). The van der Waals surface area contributed by atoms with E-state index in [4.69, 9.17) is 0 Å². The van der Waals surface area contributed by atoms with E-state index in [-0.39, 0.29) is 6.10 Å². The Labute approximate surface area is 145 Å². The van der Waals surface area contributed by atoms with Crippen molar-refractivity contribution in [1.82, 2.24) is 4.90 Å². The summed E-state index contributed by atoms with van der Waals surface area (Å²) in [5.41, 5.74) is 6.49. The average Bonchev–Trinajstić information content (AvgIpc) is 2.55. The normalized spacial score (nSPS) is 16.3. The van der Waals surface area contributed by atoms with Crippen molar-refractivity contribution >= 4 is 5.69 Å². The van der Waals surface area contributed by atoms with Crippen LogP contribution in [0.15, 0.2) is 42.5 Å². The molecule has 0 aromatic heterocycles. The smallest absolute Gasteiger partial charge is 0.0564 e. The van der Waals surface area contributed by atoms with Gasteiger partial charge < -0.3 is 10.4 Å². The minimum Gasteiger partial charge on any atom is -0.393 e. The van der Waals surface area contributed by atoms with Gasteiger partial charge in [-0.2, -0.15) is 0 Å². The molecule has 2 aromatic rings. The predicted octanol–water partition coefficient (Wildman–Crippen LogP) is 3.87. The van der Waals surface area contributed by atoms with Crippen LogP contribution in [0.2, 0.25) is 0 Å². The third-order valence-corrected chi connectivity index (χ3v) is 4.73. The first-order valence-corrected chi connectivity index (χ1v) is 8.89. The van der Waals surface area contributed by atoms with E-state index in [9.17, 15) is 5.11 Å². The average molecular weight is 324 g/mol. The highest BCUT2D eigenvalue weighted by Crippen LogP contribution is 2.21. The number of benzene rings is 2. The number of hydrogen-bond donors (Lipinski definition) is 2. The number of aliphatic hydroxyl groups is 1. The first kappa shape index (κ1) is 17.0. The summed E-state index contributed by atoms with van der Waals surface area (Å²) < 4.78 is 0. The summed E-state index contributed by atoms with van der Waals surface area (Å²) >= 11 is 0. The van der Waals surface area contributed by atoms with Crippen molar-refractivity contribution in [2.45, 2.75) is 45.9 Å². The lowest BCUT2D eigenvalue weighted by molar-refractivity contribution is 0.0793. The van der Waals surface area contributed by atoms with Gasteiger partial charge in [-0.25, -0.2) is 0 Å². The number of para-hydroxylation sites is 1. The Bertz CT molecular complexity index is 655. The molecular weight excluding hydrogens is 296 g/mol. The minimum atomic E-state index is -0.112. The molecule has 1 aliphatic rings. The van der Waals surface area contributed by atoms with E-state index in [2.05, 4.69) is 66.5 Å². The van der Waals surface area contributed by atoms with Crippen LogP contribution in [0.3, 0.4) is 0 Å². The van der Waals surface area contributed by atoms with Gasteiger partial charge in [-0.3, -0.25) is 4.90 Å². The third-order valence-electron chi connectivity index (χ3n) is 4.73. The maximum Gasteiger partial charge on any atom is 0.0564 e. The van der Waals surface area contributed by atoms with Gasteiger partial charge >= 0.3 is 0 Å². The maximum absolute atomic E-state index is 9.66. The van der Waals surface area contributed by atoms with Crippen LogP contribution in [0.4, 0.5) is 5.69 Å². The van der Waals surface area contributed by atoms with Gasteiger partial charge in [0.25, 0.3) is 0 Å². The fraction of sp³-hybridized carbons (Fsp3) is 0.429. The first-order valence-electron chi connectivity index (χ1n) is 8.89. The number of aliphatic hydroxyl groups excluding tert-OH is 1. The molecule has 1 heterocycles. The predicted molar refractivity (Wildman–Crippen MR) is 100 cm³/mol. The first-order chi connectivity index (χ1) is 11.6. The number of piperidine rings is 1. The van der Waals surface area contributed by atoms with Gasteiger partial charge in [0.1, 0.15) is 0 Å². The fourth-order valence-electron chi connectivity index (χ4n) is 3.52. The molecule has 2 aromatic carbocycles. The van der Waals surface area contributed by atoms with Crippen LogP contribution in [0, 0.1) is 13.8 Å². The fourth-order valence-corrected chi connectivity index (χ4v) is 3.52. The third kappa shape index (κ3) is 4.59. The minimum absolute atomic E-state index is 0.112. The Hall–Kier alpha value is -1.84. The second-order valence-corrected chi connectivity index (χ2v) is 7.01. The van der Waals surface area contributed by atoms with Crippen molar-refractivity contribution < 1.29 is 5.11 Å². The van der Waals surface area contributed by atoms with Gasteiger partial charge in [0, 0.05) is 31.9 Å². The van der Waals surface area contributed by atoms with Gasteiger partial charge in [-0.1, -0.05) is 47.5 Å². The summed E-state index contributed by atoms with van der Waals surface area (Å²) in [7, 11) is 0. The summed E-state index contributed by atoms with van der Waals surface area (Å²) in [4.78, 5) is 2.43. The van der Waals surface area contributed by atoms with Crippen molar-refractivity contribution in [2.24, 2.45) is 0 Å². The summed E-state index contributed by atoms with van der Waals surface area (Å²) in [5, 5.41) is 13.3. The lowest BCUT2D eigenvalue weighted by atomic mass is 10.1. The van der Waals surface area contributed by atoms with Crippen molar-refractivity contribution in [1.29, 1.82) is 0 Å². The quantitative estimate of drug-likeness (QED) is 0.876. The van der Waals surface area contributed by atoms with Crippen LogP contribution in [-0.2, 0) is 13.1 Å². The molecule has 2 N–H and O–H groups in total. The summed E-state index contributed by atoms with van der Waals surface area (Å²) in [6.07, 6.45) is 1.66. The molecule has 0 unspecified atom stereocenters. The molecule has 128 valence electrons. The van der Waals surface area contributed by atoms with E-state index < -0.39 is 0 Å². The number of anilines is 1. The molecule has 0 saturated carbocycles. The van der Waals surface area contributed by atoms with Crippen molar-refractivity contribution in [3.63, 3.8) is 0 Å². The molecule has 0 spiro atoms. The van der Waals surface area contributed by atoms with E-state index in [1.165, 1.54) is 27.9 Å². The molecular formula is C21H28N2O. The zero-order chi connectivity index (χ0) is 16.9. The molecule has 0 bridgehead atoms. The Balaban J connectivity index is 1.65. The lowest BCUT2D eigenvalue weighted by Crippen LogP contribution is -2.35. The van der Waals surface area contributed by atoms with Gasteiger partial charge in [0.05, 0.1) is 6.10 Å². The van der Waals surface area contributed by atoms with Crippen LogP contribution in [0.25, 0.3) is 0 Å². The maximum atomic E-state index is 9.66. The molecule has 0 atom stereocenters. The van der Waals surface area contributed by atoms with Gasteiger partial charge in [0.15, 0.2) is 0 Å². The van der Waals surface area contributed by atoms with Crippen LogP contribution >= 0.6 is 0 Å². The van der Waals surface area contributed by atoms with Gasteiger partial charge in [0.2, 0.25) is 0 Å². The molecule has 1 aliphatic heterocycles. The number of likely N-dealkylation sites (tertiary alicyclic amines) is 1. The summed E-state index contributed by atoms with van der Waals surface area (Å²) in [6.45, 7) is 8.05. The molecule has 0 aliphatic carbocycles. The summed E-state index contributed by atoms with van der Waals surface area (Å²) in [6, 6.07) is 15.3. The lowest BCUT2D eigenvalue weighted by Gasteiger charge is -2.30. The van der Waals surface area contributed by atoms with Crippen LogP contribution < -0.4 is 5.32 Å². The van der Waals surface area contributed by atoms with Crippen molar-refractivity contribution in [2.75, 3.05) is 18.4 Å². The topological polar surface area (TPSA) is 35.5 Å². The zero-order valence-corrected chi connectivity index (χ0v) is 14.8. The number of nitrogens with zero attached hydrogens (tertiary/aromatic N) is 1. The second-order valence-electron chi connectivity index (χ2n) is 7.01. The van der Waals surface area contributed by atoms with E-state index in [0.717, 1.165) is 39.0 Å². The second kappa shape index (κ2) is 7.82. The Morgan fingerprint density at radius 2 is 1.71 bits per heavy atom. The van der Waals surface area contributed by atoms with Crippen LogP contribution in [-0.4, -0.2) is 29.2 Å². The van der Waals surface area contributed by atoms with Crippen molar-refractivity contribution in [3.05, 3.63) is 64.7 Å². The molecule has 1 fully saturated rings. The van der Waals surface area contributed by atoms with E-state index >= 15 is 0 Å².